The number of carboxylic acid groups (broad SMARTS) is 1. The van der Waals surface area contributed by atoms with Gasteiger partial charge in [-0.2, -0.15) is 0 Å². The van der Waals surface area contributed by atoms with E-state index in [-0.39, 0.29) is 0 Å². The highest BCUT2D eigenvalue weighted by molar-refractivity contribution is 5.72. The Kier molecular flexibility index (Phi) is 4.08. The van der Waals surface area contributed by atoms with Crippen LogP contribution in [-0.2, 0) is 11.2 Å². The molecule has 0 aliphatic rings. The Hall–Kier alpha value is -2.32. The van der Waals surface area contributed by atoms with Crippen molar-refractivity contribution in [1.29, 1.82) is 0 Å². The van der Waals surface area contributed by atoms with Crippen LogP contribution in [0.2, 0.25) is 0 Å². The average Bonchev–Trinajstić information content (AvgIpc) is 2.26. The molecule has 0 spiro atoms. The predicted octanol–water partition coefficient (Wildman–Crippen LogP) is 1.56. The first-order valence-electron chi connectivity index (χ1n) is 4.59. The number of carboxylic acids is 1. The lowest BCUT2D eigenvalue weighted by Crippen LogP contribution is -2.09. The van der Waals surface area contributed by atoms with E-state index in [1.807, 2.05) is 0 Å². The molecule has 0 aromatic carbocycles. The number of halogens is 2. The minimum Gasteiger partial charge on any atom is -0.490 e. The lowest BCUT2D eigenvalue weighted by molar-refractivity contribution is -0.386. The van der Waals surface area contributed by atoms with Crippen LogP contribution < -0.4 is 4.74 Å². The molecule has 18 heavy (non-hydrogen) atoms. The van der Waals surface area contributed by atoms with Gasteiger partial charge in [0.15, 0.2) is 0 Å². The van der Waals surface area contributed by atoms with E-state index >= 15 is 0 Å². The lowest BCUT2D eigenvalue weighted by atomic mass is 10.2. The molecule has 0 radical (unpaired) electrons. The number of alkyl halides is 2. The summed E-state index contributed by atoms with van der Waals surface area (Å²) in [5.74, 6) is -1.86. The number of methoxy groups -OCH3 is 1. The van der Waals surface area contributed by atoms with E-state index in [0.717, 1.165) is 7.11 Å². The number of rotatable bonds is 5. The summed E-state index contributed by atoms with van der Waals surface area (Å²) in [5, 5.41) is 19.3. The van der Waals surface area contributed by atoms with Gasteiger partial charge in [0.25, 0.3) is 6.43 Å². The number of pyridine rings is 1. The largest absolute Gasteiger partial charge is 0.490 e. The maximum absolute atomic E-state index is 12.5. The SMILES string of the molecule is COc1cc(C(F)F)nc(CC(=O)O)c1[N+](=O)[O-]. The molecule has 1 aromatic heterocycles. The van der Waals surface area contributed by atoms with Gasteiger partial charge in [-0.15, -0.1) is 0 Å². The molecule has 1 N–H and O–H groups in total. The van der Waals surface area contributed by atoms with Crippen molar-refractivity contribution >= 4 is 11.7 Å². The van der Waals surface area contributed by atoms with Crippen LogP contribution in [0.5, 0.6) is 5.75 Å². The molecule has 0 atom stereocenters. The molecule has 0 unspecified atom stereocenters. The van der Waals surface area contributed by atoms with E-state index in [1.54, 1.807) is 0 Å². The third-order valence-corrected chi connectivity index (χ3v) is 1.99. The van der Waals surface area contributed by atoms with Crippen molar-refractivity contribution in [3.05, 3.63) is 27.6 Å². The minimum atomic E-state index is -2.98. The third kappa shape index (κ3) is 2.87. The summed E-state index contributed by atoms with van der Waals surface area (Å²) in [6.45, 7) is 0. The summed E-state index contributed by atoms with van der Waals surface area (Å²) in [6, 6.07) is 0.716. The van der Waals surface area contributed by atoms with E-state index in [4.69, 9.17) is 5.11 Å². The molecule has 98 valence electrons. The zero-order valence-corrected chi connectivity index (χ0v) is 9.09. The van der Waals surface area contributed by atoms with Gasteiger partial charge in [-0.25, -0.2) is 13.8 Å². The van der Waals surface area contributed by atoms with Gasteiger partial charge in [0.1, 0.15) is 11.4 Å². The number of hydrogen-bond acceptors (Lipinski definition) is 5. The molecule has 0 saturated heterocycles. The molecule has 1 aromatic rings. The van der Waals surface area contributed by atoms with Crippen molar-refractivity contribution < 1.29 is 28.3 Å². The second-order valence-corrected chi connectivity index (χ2v) is 3.17. The Morgan fingerprint density at radius 2 is 2.28 bits per heavy atom. The maximum atomic E-state index is 12.5. The van der Waals surface area contributed by atoms with Crippen molar-refractivity contribution in [1.82, 2.24) is 4.98 Å². The van der Waals surface area contributed by atoms with Crippen molar-refractivity contribution in [2.75, 3.05) is 7.11 Å². The Bertz CT molecular complexity index is 492. The van der Waals surface area contributed by atoms with Gasteiger partial charge in [0.2, 0.25) is 5.75 Å². The second kappa shape index (κ2) is 5.34. The van der Waals surface area contributed by atoms with Gasteiger partial charge in [-0.05, 0) is 0 Å². The standard InChI is InChI=1S/C9H8F2N2O5/c1-18-6-2-5(9(10)11)12-4(3-7(14)15)8(6)13(16)17/h2,9H,3H2,1H3,(H,14,15). The molecule has 1 rings (SSSR count). The predicted molar refractivity (Wildman–Crippen MR) is 53.7 cm³/mol. The number of nitrogens with zero attached hydrogens (tertiary/aromatic N) is 2. The highest BCUT2D eigenvalue weighted by Crippen LogP contribution is 2.33. The van der Waals surface area contributed by atoms with Crippen molar-refractivity contribution in [3.63, 3.8) is 0 Å². The number of carbonyl (C=O) groups is 1. The van der Waals surface area contributed by atoms with Crippen molar-refractivity contribution in [2.24, 2.45) is 0 Å². The first-order valence-corrected chi connectivity index (χ1v) is 4.59. The van der Waals surface area contributed by atoms with Crippen LogP contribution in [-0.4, -0.2) is 28.1 Å². The van der Waals surface area contributed by atoms with Gasteiger partial charge >= 0.3 is 11.7 Å². The van der Waals surface area contributed by atoms with Crippen LogP contribution in [0.4, 0.5) is 14.5 Å². The number of aliphatic carboxylic acids is 1. The topological polar surface area (TPSA) is 103 Å². The fourth-order valence-electron chi connectivity index (χ4n) is 1.32. The lowest BCUT2D eigenvalue weighted by Gasteiger charge is -2.08. The smallest absolute Gasteiger partial charge is 0.332 e. The highest BCUT2D eigenvalue weighted by atomic mass is 19.3. The van der Waals surface area contributed by atoms with Crippen molar-refractivity contribution in [3.8, 4) is 5.75 Å². The monoisotopic (exact) mass is 262 g/mol. The fraction of sp³-hybridized carbons (Fsp3) is 0.333. The third-order valence-electron chi connectivity index (χ3n) is 1.99. The summed E-state index contributed by atoms with van der Waals surface area (Å²) in [7, 11) is 1.06. The Labute approximate surface area is 99.2 Å². The number of ether oxygens (including phenoxy) is 1. The zero-order chi connectivity index (χ0) is 13.9. The first kappa shape index (κ1) is 13.7. The maximum Gasteiger partial charge on any atom is 0.332 e. The van der Waals surface area contributed by atoms with Crippen LogP contribution in [0.3, 0.4) is 0 Å². The van der Waals surface area contributed by atoms with Gasteiger partial charge in [0, 0.05) is 6.07 Å². The van der Waals surface area contributed by atoms with Gasteiger partial charge in [0.05, 0.1) is 18.5 Å². The van der Waals surface area contributed by atoms with Crippen LogP contribution in [0.1, 0.15) is 17.8 Å². The van der Waals surface area contributed by atoms with Gasteiger partial charge < -0.3 is 9.84 Å². The molecule has 9 heteroatoms. The summed E-state index contributed by atoms with van der Waals surface area (Å²) >= 11 is 0. The second-order valence-electron chi connectivity index (χ2n) is 3.17. The fourth-order valence-corrected chi connectivity index (χ4v) is 1.32. The van der Waals surface area contributed by atoms with Gasteiger partial charge in [-0.3, -0.25) is 14.9 Å². The molecule has 1 heterocycles. The first-order chi connectivity index (χ1) is 8.36. The van der Waals surface area contributed by atoms with E-state index < -0.39 is 46.6 Å². The quantitative estimate of drug-likeness (QED) is 0.638. The molecular weight excluding hydrogens is 254 g/mol. The van der Waals surface area contributed by atoms with E-state index in [2.05, 4.69) is 9.72 Å². The molecule has 7 nitrogen and oxygen atoms in total. The summed E-state index contributed by atoms with van der Waals surface area (Å²) in [5.41, 5.74) is -2.06. The van der Waals surface area contributed by atoms with Crippen LogP contribution in [0.25, 0.3) is 0 Å². The van der Waals surface area contributed by atoms with Crippen molar-refractivity contribution in [2.45, 2.75) is 12.8 Å². The Morgan fingerprint density at radius 3 is 2.67 bits per heavy atom. The molecule has 0 saturated carbocycles. The summed E-state index contributed by atoms with van der Waals surface area (Å²) in [4.78, 5) is 23.7. The highest BCUT2D eigenvalue weighted by Gasteiger charge is 2.27. The molecule has 0 aliphatic heterocycles. The molecule has 0 aliphatic carbocycles. The summed E-state index contributed by atoms with van der Waals surface area (Å²) < 4.78 is 29.6. The summed E-state index contributed by atoms with van der Waals surface area (Å²) in [6.07, 6.45) is -3.82. The van der Waals surface area contributed by atoms with E-state index in [1.165, 1.54) is 0 Å². The Morgan fingerprint density at radius 1 is 1.67 bits per heavy atom. The minimum absolute atomic E-state index is 0.443. The van der Waals surface area contributed by atoms with E-state index in [0.29, 0.717) is 6.07 Å². The molecule has 0 bridgehead atoms. The van der Waals surface area contributed by atoms with Crippen LogP contribution in [0, 0.1) is 10.1 Å². The Balaban J connectivity index is 3.45. The van der Waals surface area contributed by atoms with Gasteiger partial charge in [-0.1, -0.05) is 0 Å². The van der Waals surface area contributed by atoms with Crippen LogP contribution >= 0.6 is 0 Å². The van der Waals surface area contributed by atoms with E-state index in [9.17, 15) is 23.7 Å². The molecular formula is C9H8F2N2O5. The average molecular weight is 262 g/mol. The molecule has 0 amide bonds. The zero-order valence-electron chi connectivity index (χ0n) is 9.09. The van der Waals surface area contributed by atoms with Crippen LogP contribution in [0.15, 0.2) is 6.07 Å². The normalized spacial score (nSPS) is 10.4. The molecule has 0 fully saturated rings. The number of aromatic nitrogens is 1. The number of hydrogen-bond donors (Lipinski definition) is 1. The number of nitro groups is 1.